The van der Waals surface area contributed by atoms with Crippen LogP contribution >= 0.6 is 0 Å². The van der Waals surface area contributed by atoms with Gasteiger partial charge in [-0.1, -0.05) is 17.7 Å². The van der Waals surface area contributed by atoms with Crippen molar-refractivity contribution in [3.05, 3.63) is 88.1 Å². The van der Waals surface area contributed by atoms with E-state index in [-0.39, 0.29) is 22.2 Å². The van der Waals surface area contributed by atoms with Crippen molar-refractivity contribution in [2.45, 2.75) is 18.7 Å². The SMILES string of the molecule is COc1nccnc1NS(=O)(=O)c1ccc(N=Cc2c(C)[nH]n(-c3ccc(C)cc3)c2=O)cc1. The van der Waals surface area contributed by atoms with E-state index in [9.17, 15) is 13.2 Å². The summed E-state index contributed by atoms with van der Waals surface area (Å²) in [5.74, 6) is 0.0466. The standard InChI is InChI=1S/C23H22N6O4S/c1-15-4-8-18(9-5-15)29-23(30)20(16(2)27-29)14-26-17-6-10-19(11-7-17)34(31,32)28-21-22(33-3)25-13-12-24-21/h4-14,27H,1-3H3,(H,24,28). The van der Waals surface area contributed by atoms with Gasteiger partial charge >= 0.3 is 0 Å². The Labute approximate surface area is 196 Å². The Kier molecular flexibility index (Phi) is 6.28. The number of benzene rings is 2. The molecule has 2 aromatic heterocycles. The van der Waals surface area contributed by atoms with Crippen molar-refractivity contribution >= 4 is 27.7 Å². The summed E-state index contributed by atoms with van der Waals surface area (Å²) >= 11 is 0. The van der Waals surface area contributed by atoms with Crippen LogP contribution in [0, 0.1) is 13.8 Å². The highest BCUT2D eigenvalue weighted by Gasteiger charge is 2.18. The molecule has 4 rings (SSSR count). The molecule has 4 aromatic rings. The largest absolute Gasteiger partial charge is 0.478 e. The predicted molar refractivity (Wildman–Crippen MR) is 129 cm³/mol. The number of anilines is 1. The second-order valence-corrected chi connectivity index (χ2v) is 9.08. The van der Waals surface area contributed by atoms with Gasteiger partial charge in [0.2, 0.25) is 5.82 Å². The summed E-state index contributed by atoms with van der Waals surface area (Å²) in [6.45, 7) is 3.76. The van der Waals surface area contributed by atoms with Gasteiger partial charge in [0.1, 0.15) is 0 Å². The van der Waals surface area contributed by atoms with Crippen LogP contribution in [-0.4, -0.2) is 41.5 Å². The number of ether oxygens (including phenoxy) is 1. The number of aromatic nitrogens is 4. The Morgan fingerprint density at radius 1 is 1.03 bits per heavy atom. The van der Waals surface area contributed by atoms with Crippen LogP contribution in [0.25, 0.3) is 5.69 Å². The highest BCUT2D eigenvalue weighted by molar-refractivity contribution is 7.92. The lowest BCUT2D eigenvalue weighted by Gasteiger charge is -2.09. The van der Waals surface area contributed by atoms with E-state index >= 15 is 0 Å². The monoisotopic (exact) mass is 478 g/mol. The zero-order valence-electron chi connectivity index (χ0n) is 18.7. The summed E-state index contributed by atoms with van der Waals surface area (Å²) in [6.07, 6.45) is 4.21. The van der Waals surface area contributed by atoms with E-state index in [2.05, 4.69) is 24.8 Å². The fourth-order valence-electron chi connectivity index (χ4n) is 3.17. The number of nitrogens with one attached hydrogen (secondary N) is 2. The number of rotatable bonds is 7. The molecule has 10 nitrogen and oxygen atoms in total. The normalized spacial score (nSPS) is 11.6. The van der Waals surface area contributed by atoms with E-state index in [1.54, 1.807) is 19.1 Å². The molecule has 0 radical (unpaired) electrons. The lowest BCUT2D eigenvalue weighted by Crippen LogP contribution is -2.17. The van der Waals surface area contributed by atoms with E-state index < -0.39 is 10.0 Å². The van der Waals surface area contributed by atoms with Gasteiger partial charge < -0.3 is 4.74 Å². The molecule has 34 heavy (non-hydrogen) atoms. The lowest BCUT2D eigenvalue weighted by atomic mass is 10.2. The second kappa shape index (κ2) is 9.32. The molecular formula is C23H22N6O4S. The fourth-order valence-corrected chi connectivity index (χ4v) is 4.18. The third kappa shape index (κ3) is 4.74. The molecule has 2 N–H and O–H groups in total. The summed E-state index contributed by atoms with van der Waals surface area (Å²) in [5, 5.41) is 3.05. The van der Waals surface area contributed by atoms with E-state index in [0.717, 1.165) is 11.3 Å². The van der Waals surface area contributed by atoms with Gasteiger partial charge in [0.25, 0.3) is 21.5 Å². The smallest absolute Gasteiger partial charge is 0.280 e. The Balaban J connectivity index is 1.55. The fraction of sp³-hybridized carbons (Fsp3) is 0.130. The van der Waals surface area contributed by atoms with Crippen LogP contribution in [0.2, 0.25) is 0 Å². The highest BCUT2D eigenvalue weighted by Crippen LogP contribution is 2.23. The van der Waals surface area contributed by atoms with E-state index in [4.69, 9.17) is 4.74 Å². The van der Waals surface area contributed by atoms with Crippen LogP contribution in [0.4, 0.5) is 11.5 Å². The quantitative estimate of drug-likeness (QED) is 0.392. The molecule has 0 atom stereocenters. The van der Waals surface area contributed by atoms with Gasteiger partial charge in [-0.15, -0.1) is 0 Å². The summed E-state index contributed by atoms with van der Waals surface area (Å²) in [5.41, 5.74) is 3.15. The molecule has 0 saturated heterocycles. The molecule has 0 saturated carbocycles. The average Bonchev–Trinajstić information content (AvgIpc) is 3.11. The molecule has 2 aromatic carbocycles. The van der Waals surface area contributed by atoms with Crippen LogP contribution in [0.5, 0.6) is 5.88 Å². The van der Waals surface area contributed by atoms with E-state index in [1.807, 2.05) is 31.2 Å². The number of aryl methyl sites for hydroxylation is 2. The van der Waals surface area contributed by atoms with Crippen LogP contribution in [0.1, 0.15) is 16.8 Å². The van der Waals surface area contributed by atoms with Crippen LogP contribution < -0.4 is 15.0 Å². The number of nitrogens with zero attached hydrogens (tertiary/aromatic N) is 4. The average molecular weight is 479 g/mol. The third-order valence-electron chi connectivity index (χ3n) is 4.99. The summed E-state index contributed by atoms with van der Waals surface area (Å²) in [6, 6.07) is 13.5. The summed E-state index contributed by atoms with van der Waals surface area (Å²) in [7, 11) is -2.54. The Hall–Kier alpha value is -4.25. The zero-order chi connectivity index (χ0) is 24.3. The first-order valence-electron chi connectivity index (χ1n) is 10.2. The molecular weight excluding hydrogens is 456 g/mol. The summed E-state index contributed by atoms with van der Waals surface area (Å²) < 4.78 is 34.2. The molecule has 0 bridgehead atoms. The molecule has 174 valence electrons. The minimum Gasteiger partial charge on any atom is -0.478 e. The van der Waals surface area contributed by atoms with Gasteiger partial charge in [-0.05, 0) is 50.2 Å². The molecule has 0 aliphatic carbocycles. The van der Waals surface area contributed by atoms with Crippen molar-refractivity contribution in [1.82, 2.24) is 19.7 Å². The van der Waals surface area contributed by atoms with Crippen molar-refractivity contribution in [3.63, 3.8) is 0 Å². The maximum atomic E-state index is 12.8. The summed E-state index contributed by atoms with van der Waals surface area (Å²) in [4.78, 5) is 25.1. The van der Waals surface area contributed by atoms with Crippen LogP contribution in [-0.2, 0) is 10.0 Å². The van der Waals surface area contributed by atoms with Crippen LogP contribution in [0.15, 0.2) is 75.6 Å². The van der Waals surface area contributed by atoms with Crippen molar-refractivity contribution < 1.29 is 13.2 Å². The highest BCUT2D eigenvalue weighted by atomic mass is 32.2. The number of methoxy groups -OCH3 is 1. The second-order valence-electron chi connectivity index (χ2n) is 7.40. The maximum Gasteiger partial charge on any atom is 0.280 e. The zero-order valence-corrected chi connectivity index (χ0v) is 19.5. The number of hydrogen-bond donors (Lipinski definition) is 2. The Morgan fingerprint density at radius 2 is 1.71 bits per heavy atom. The minimum atomic E-state index is -3.92. The van der Waals surface area contributed by atoms with Crippen molar-refractivity contribution in [2.24, 2.45) is 4.99 Å². The molecule has 2 heterocycles. The molecule has 0 aliphatic rings. The Morgan fingerprint density at radius 3 is 2.38 bits per heavy atom. The first-order valence-corrected chi connectivity index (χ1v) is 11.7. The van der Waals surface area contributed by atoms with Gasteiger partial charge in [0.15, 0.2) is 0 Å². The number of hydrogen-bond acceptors (Lipinski definition) is 7. The van der Waals surface area contributed by atoms with E-state index in [0.29, 0.717) is 16.9 Å². The Bertz CT molecular complexity index is 1500. The number of sulfonamides is 1. The molecule has 0 amide bonds. The van der Waals surface area contributed by atoms with Gasteiger partial charge in [0.05, 0.1) is 28.9 Å². The number of aromatic amines is 1. The molecule has 0 fully saturated rings. The minimum absolute atomic E-state index is 0.0127. The first kappa shape index (κ1) is 22.9. The lowest BCUT2D eigenvalue weighted by molar-refractivity contribution is 0.398. The molecule has 0 aliphatic heterocycles. The topological polar surface area (TPSA) is 131 Å². The molecule has 0 unspecified atom stereocenters. The van der Waals surface area contributed by atoms with Gasteiger partial charge in [-0.25, -0.2) is 23.1 Å². The van der Waals surface area contributed by atoms with Crippen molar-refractivity contribution in [2.75, 3.05) is 11.8 Å². The van der Waals surface area contributed by atoms with Gasteiger partial charge in [-0.2, -0.15) is 0 Å². The predicted octanol–water partition coefficient (Wildman–Crippen LogP) is 3.13. The van der Waals surface area contributed by atoms with E-state index in [1.165, 1.54) is 42.5 Å². The van der Waals surface area contributed by atoms with Crippen LogP contribution in [0.3, 0.4) is 0 Å². The first-order chi connectivity index (χ1) is 16.3. The number of H-pyrrole nitrogens is 1. The maximum absolute atomic E-state index is 12.8. The van der Waals surface area contributed by atoms with Crippen molar-refractivity contribution in [1.29, 1.82) is 0 Å². The molecule has 0 spiro atoms. The number of aliphatic imine (C=N–C) groups is 1. The van der Waals surface area contributed by atoms with Gasteiger partial charge in [-0.3, -0.25) is 19.6 Å². The van der Waals surface area contributed by atoms with Crippen molar-refractivity contribution in [3.8, 4) is 11.6 Å². The molecule has 11 heteroatoms. The van der Waals surface area contributed by atoms with Gasteiger partial charge in [0, 0.05) is 24.3 Å². The third-order valence-corrected chi connectivity index (χ3v) is 6.34.